The Morgan fingerprint density at radius 3 is 1.96 bits per heavy atom. The van der Waals surface area contributed by atoms with Gasteiger partial charge in [0.05, 0.1) is 43.7 Å². The van der Waals surface area contributed by atoms with Crippen molar-refractivity contribution in [3.63, 3.8) is 0 Å². The number of carbonyl (C=O) groups is 2. The lowest BCUT2D eigenvalue weighted by Crippen LogP contribution is -2.72. The Kier molecular flexibility index (Phi) is 14.6. The van der Waals surface area contributed by atoms with Crippen molar-refractivity contribution in [1.29, 1.82) is 0 Å². The van der Waals surface area contributed by atoms with E-state index in [0.717, 1.165) is 25.7 Å². The second-order valence-electron chi connectivity index (χ2n) is 24.8. The molecular weight excluding hydrogens is 949 g/mol. The first-order valence-electron chi connectivity index (χ1n) is 26.0. The first-order valence-corrected chi connectivity index (χ1v) is 26.0. The maximum absolute atomic E-state index is 12.3. The summed E-state index contributed by atoms with van der Waals surface area (Å²) in [5.74, 6) is -2.62. The predicted octanol–water partition coefficient (Wildman–Crippen LogP) is -0.373. The smallest absolute Gasteiger partial charge is 0.317 e. The van der Waals surface area contributed by atoms with E-state index >= 15 is 0 Å². The minimum atomic E-state index is -2.02. The first-order chi connectivity index (χ1) is 33.7. The Bertz CT molecular complexity index is 2040. The van der Waals surface area contributed by atoms with E-state index in [2.05, 4.69) is 46.8 Å². The van der Waals surface area contributed by atoms with Crippen molar-refractivity contribution in [2.45, 2.75) is 216 Å². The van der Waals surface area contributed by atoms with Crippen molar-refractivity contribution in [1.82, 2.24) is 0 Å². The van der Waals surface area contributed by atoms with Crippen molar-refractivity contribution in [2.24, 2.45) is 50.2 Å². The van der Waals surface area contributed by atoms with Crippen LogP contribution in [-0.4, -0.2) is 204 Å². The highest BCUT2D eigenvalue weighted by atomic mass is 16.8. The lowest BCUT2D eigenvalue weighted by atomic mass is 9.32. The molecule has 0 amide bonds. The molecule has 11 N–H and O–H groups in total. The van der Waals surface area contributed by atoms with Crippen LogP contribution in [-0.2, 0) is 47.5 Å². The Labute approximate surface area is 419 Å². The van der Waals surface area contributed by atoms with Crippen LogP contribution in [0.15, 0.2) is 12.2 Å². The summed E-state index contributed by atoms with van der Waals surface area (Å²) < 4.78 is 49.6. The number of esters is 1. The van der Waals surface area contributed by atoms with Crippen molar-refractivity contribution in [2.75, 3.05) is 26.4 Å². The van der Waals surface area contributed by atoms with Gasteiger partial charge in [-0.05, 0) is 86.4 Å². The van der Waals surface area contributed by atoms with Gasteiger partial charge in [0.15, 0.2) is 18.9 Å². The van der Waals surface area contributed by atoms with E-state index in [4.69, 9.17) is 43.0 Å². The second-order valence-corrected chi connectivity index (χ2v) is 24.8. The summed E-state index contributed by atoms with van der Waals surface area (Å²) in [4.78, 5) is 23.3. The zero-order valence-corrected chi connectivity index (χ0v) is 42.4. The van der Waals surface area contributed by atoms with E-state index in [0.29, 0.717) is 32.3 Å². The summed E-state index contributed by atoms with van der Waals surface area (Å²) in [5, 5.41) is 120. The molecule has 0 radical (unpaired) electrons. The van der Waals surface area contributed by atoms with Crippen LogP contribution >= 0.6 is 0 Å². The molecule has 2 bridgehead atoms. The largest absolute Gasteiger partial charge is 0.481 e. The van der Waals surface area contributed by atoms with E-state index in [-0.39, 0.29) is 40.6 Å². The zero-order chi connectivity index (χ0) is 52.5. The maximum atomic E-state index is 12.3. The molecule has 72 heavy (non-hydrogen) atoms. The normalized spacial score (nSPS) is 54.7. The molecule has 0 aromatic carbocycles. The number of aliphatic carboxylic acids is 1. The minimum Gasteiger partial charge on any atom is -0.481 e. The number of carboxylic acid groups (broad SMARTS) is 1. The fraction of sp³-hybridized carbons (Fsp3) is 0.922. The molecule has 4 aliphatic heterocycles. The number of fused-ring (bicyclic) bond motifs is 4. The molecule has 8 fully saturated rings. The van der Waals surface area contributed by atoms with Gasteiger partial charge in [0.1, 0.15) is 80.2 Å². The molecule has 9 aliphatic rings. The van der Waals surface area contributed by atoms with Crippen LogP contribution in [0.1, 0.15) is 106 Å². The molecule has 5 aliphatic carbocycles. The summed E-state index contributed by atoms with van der Waals surface area (Å²) >= 11 is 0. The van der Waals surface area contributed by atoms with Crippen LogP contribution in [0.2, 0.25) is 0 Å². The number of aliphatic hydroxyl groups excluding tert-OH is 10. The Morgan fingerprint density at radius 1 is 0.681 bits per heavy atom. The van der Waals surface area contributed by atoms with Crippen LogP contribution < -0.4 is 0 Å². The van der Waals surface area contributed by atoms with Gasteiger partial charge in [0.2, 0.25) is 0 Å². The van der Waals surface area contributed by atoms with Crippen LogP contribution in [0.5, 0.6) is 0 Å². The van der Waals surface area contributed by atoms with E-state index < -0.39 is 158 Å². The van der Waals surface area contributed by atoms with Gasteiger partial charge in [-0.25, -0.2) is 0 Å². The Hall–Kier alpha value is -2.00. The van der Waals surface area contributed by atoms with Crippen molar-refractivity contribution < 1.29 is 104 Å². The van der Waals surface area contributed by atoms with Crippen molar-refractivity contribution in [3.8, 4) is 0 Å². The summed E-state index contributed by atoms with van der Waals surface area (Å²) in [5.41, 5.74) is -2.81. The van der Waals surface area contributed by atoms with Crippen molar-refractivity contribution >= 4 is 11.9 Å². The molecule has 21 nitrogen and oxygen atoms in total. The second kappa shape index (κ2) is 19.2. The summed E-state index contributed by atoms with van der Waals surface area (Å²) in [6, 6.07) is 0. The predicted molar refractivity (Wildman–Crippen MR) is 246 cm³/mol. The maximum Gasteiger partial charge on any atom is 0.317 e. The molecule has 21 heteroatoms. The van der Waals surface area contributed by atoms with E-state index in [1.54, 1.807) is 0 Å². The first kappa shape index (κ1) is 54.8. The molecular formula is C51H80O21. The van der Waals surface area contributed by atoms with Gasteiger partial charge in [-0.3, -0.25) is 9.59 Å². The average Bonchev–Trinajstić information content (AvgIpc) is 3.60. The summed E-state index contributed by atoms with van der Waals surface area (Å²) in [6.07, 6.45) is -17.3. The number of hydrogen-bond donors (Lipinski definition) is 11. The van der Waals surface area contributed by atoms with E-state index in [1.807, 2.05) is 6.92 Å². The monoisotopic (exact) mass is 1030 g/mol. The third-order valence-corrected chi connectivity index (χ3v) is 20.6. The molecule has 26 atom stereocenters. The van der Waals surface area contributed by atoms with Crippen LogP contribution in [0.4, 0.5) is 0 Å². The SMILES string of the molecule is CC1OC(OC2CCC3(C)C(CCC4(C)C3C=CC35OCC6(CCC(C)(C)CC63)C(O)CC45C)C2(C)CO)C(OC2OC(COC(=O)CC(=O)O)C(O)C(O)C2O)C(OC2OC(CO)C(O)C(O)C2O)C1O. The van der Waals surface area contributed by atoms with Crippen LogP contribution in [0.3, 0.4) is 0 Å². The summed E-state index contributed by atoms with van der Waals surface area (Å²) in [7, 11) is 0. The molecule has 9 rings (SSSR count). The summed E-state index contributed by atoms with van der Waals surface area (Å²) in [6.45, 7) is 13.8. The van der Waals surface area contributed by atoms with Gasteiger partial charge in [-0.15, -0.1) is 0 Å². The molecule has 4 saturated heterocycles. The van der Waals surface area contributed by atoms with Gasteiger partial charge in [-0.2, -0.15) is 0 Å². The third kappa shape index (κ3) is 8.28. The van der Waals surface area contributed by atoms with E-state index in [9.17, 15) is 60.7 Å². The topological polar surface area (TPSA) is 331 Å². The third-order valence-electron chi connectivity index (χ3n) is 20.6. The fourth-order valence-corrected chi connectivity index (χ4v) is 16.1. The number of rotatable bonds is 12. The quantitative estimate of drug-likeness (QED) is 0.0514. The highest BCUT2D eigenvalue weighted by Gasteiger charge is 2.79. The number of aliphatic hydroxyl groups is 10. The average molecular weight is 1030 g/mol. The van der Waals surface area contributed by atoms with Gasteiger partial charge in [0.25, 0.3) is 0 Å². The number of carbonyl (C=O) groups excluding carboxylic acids is 1. The molecule has 0 aromatic heterocycles. The highest BCUT2D eigenvalue weighted by Crippen LogP contribution is 2.79. The fourth-order valence-electron chi connectivity index (χ4n) is 16.1. The molecule has 26 unspecified atom stereocenters. The zero-order valence-electron chi connectivity index (χ0n) is 42.4. The minimum absolute atomic E-state index is 0.0169. The Balaban J connectivity index is 1.02. The lowest BCUT2D eigenvalue weighted by Gasteiger charge is -2.73. The van der Waals surface area contributed by atoms with Gasteiger partial charge in [-0.1, -0.05) is 53.7 Å². The van der Waals surface area contributed by atoms with Crippen molar-refractivity contribution in [3.05, 3.63) is 12.2 Å². The van der Waals surface area contributed by atoms with E-state index in [1.165, 1.54) is 6.92 Å². The highest BCUT2D eigenvalue weighted by molar-refractivity contribution is 5.90. The number of hydrogen-bond acceptors (Lipinski definition) is 20. The number of carboxylic acids is 1. The molecule has 4 heterocycles. The van der Waals surface area contributed by atoms with Gasteiger partial charge < -0.3 is 94.1 Å². The van der Waals surface area contributed by atoms with Gasteiger partial charge in [0, 0.05) is 22.2 Å². The Morgan fingerprint density at radius 2 is 1.32 bits per heavy atom. The molecule has 4 saturated carbocycles. The number of ether oxygens (including phenoxy) is 8. The standard InChI is InChI=1S/C51H80O21/c1-23-33(58)40(71-42-38(63)36(61)34(59)24(19-52)68-42)41(72-43-39(64)37(62)35(60)25(69-43)20-65-32(57)16-31(55)56)44(67-23)70-30-10-11-46(4)26(47(30,5)21-53)8-12-48(6)27(46)9-13-51-28-17-45(2,3)14-15-50(28,22-66-51)29(54)18-49(48,51)7/h9,13,23-30,33-44,52-54,58-64H,8,10-12,14-22H2,1-7H3,(H,55,56). The van der Waals surface area contributed by atoms with Crippen LogP contribution in [0.25, 0.3) is 0 Å². The number of allylic oxidation sites excluding steroid dienone is 1. The lowest BCUT2D eigenvalue weighted by molar-refractivity contribution is -0.398. The molecule has 1 spiro atoms. The molecule has 0 aromatic rings. The van der Waals surface area contributed by atoms with Gasteiger partial charge >= 0.3 is 11.9 Å². The molecule has 410 valence electrons. The van der Waals surface area contributed by atoms with Crippen LogP contribution in [0, 0.1) is 50.2 Å².